The first kappa shape index (κ1) is 16.2. The summed E-state index contributed by atoms with van der Waals surface area (Å²) in [6.45, 7) is 0. The molecule has 0 bridgehead atoms. The summed E-state index contributed by atoms with van der Waals surface area (Å²) in [6.07, 6.45) is 0.915. The van der Waals surface area contributed by atoms with Crippen molar-refractivity contribution >= 4 is 15.8 Å². The van der Waals surface area contributed by atoms with E-state index in [2.05, 4.69) is 0 Å². The van der Waals surface area contributed by atoms with E-state index in [1.54, 1.807) is 0 Å². The lowest BCUT2D eigenvalue weighted by molar-refractivity contribution is -0.137. The third-order valence-corrected chi connectivity index (χ3v) is 5.08. The molecule has 0 aliphatic carbocycles. The summed E-state index contributed by atoms with van der Waals surface area (Å²) < 4.78 is 23.4. The minimum absolute atomic E-state index is 0.209. The second-order valence-electron chi connectivity index (χ2n) is 5.32. The number of carbonyl (C=O) groups is 1. The number of carboxylic acid groups (broad SMARTS) is 1. The van der Waals surface area contributed by atoms with Crippen molar-refractivity contribution in [2.75, 3.05) is 6.26 Å². The molecule has 0 heterocycles. The molecule has 0 aliphatic rings. The van der Waals surface area contributed by atoms with E-state index in [0.29, 0.717) is 0 Å². The van der Waals surface area contributed by atoms with Crippen molar-refractivity contribution in [1.29, 1.82) is 0 Å². The van der Waals surface area contributed by atoms with Crippen molar-refractivity contribution in [1.82, 2.24) is 0 Å². The molecule has 1 unspecified atom stereocenters. The fourth-order valence-corrected chi connectivity index (χ4v) is 3.24. The molecule has 4 nitrogen and oxygen atoms in total. The molecule has 2 rings (SSSR count). The number of carboxylic acids is 1. The van der Waals surface area contributed by atoms with Crippen LogP contribution in [0.5, 0.6) is 0 Å². The molecule has 0 radical (unpaired) electrons. The average Bonchev–Trinajstić information content (AvgIpc) is 2.47. The third-order valence-electron chi connectivity index (χ3n) is 3.53. The van der Waals surface area contributed by atoms with Gasteiger partial charge in [0.25, 0.3) is 0 Å². The van der Waals surface area contributed by atoms with Gasteiger partial charge in [-0.05, 0) is 23.1 Å². The van der Waals surface area contributed by atoms with Crippen LogP contribution in [0.4, 0.5) is 0 Å². The van der Waals surface area contributed by atoms with Crippen LogP contribution in [-0.2, 0) is 21.1 Å². The topological polar surface area (TPSA) is 71.4 Å². The van der Waals surface area contributed by atoms with Crippen LogP contribution in [0.2, 0.25) is 0 Å². The number of sulfone groups is 1. The molecule has 2 aromatic rings. The molecule has 0 fully saturated rings. The monoisotopic (exact) mass is 318 g/mol. The minimum atomic E-state index is -3.40. The molecule has 0 amide bonds. The Labute approximate surface area is 130 Å². The van der Waals surface area contributed by atoms with Crippen LogP contribution < -0.4 is 0 Å². The van der Waals surface area contributed by atoms with Gasteiger partial charge in [-0.2, -0.15) is 0 Å². The lowest BCUT2D eigenvalue weighted by Gasteiger charge is -2.13. The molecule has 22 heavy (non-hydrogen) atoms. The lowest BCUT2D eigenvalue weighted by Crippen LogP contribution is -2.25. The van der Waals surface area contributed by atoms with Crippen LogP contribution in [0, 0.1) is 0 Å². The Balaban J connectivity index is 2.18. The van der Waals surface area contributed by atoms with Gasteiger partial charge in [-0.1, -0.05) is 54.6 Å². The van der Waals surface area contributed by atoms with Crippen LogP contribution >= 0.6 is 0 Å². The Bertz CT molecular complexity index is 734. The fourth-order valence-electron chi connectivity index (χ4n) is 2.30. The molecule has 0 aliphatic heterocycles. The Morgan fingerprint density at radius 3 is 2.05 bits per heavy atom. The Morgan fingerprint density at radius 2 is 1.55 bits per heavy atom. The van der Waals surface area contributed by atoms with Crippen molar-refractivity contribution in [2.24, 2.45) is 0 Å². The Kier molecular flexibility index (Phi) is 4.98. The van der Waals surface area contributed by atoms with Crippen LogP contribution in [-0.4, -0.2) is 31.0 Å². The third kappa shape index (κ3) is 4.43. The van der Waals surface area contributed by atoms with Gasteiger partial charge in [0.1, 0.15) is 0 Å². The second-order valence-corrected chi connectivity index (χ2v) is 7.64. The van der Waals surface area contributed by atoms with Crippen molar-refractivity contribution in [2.45, 2.75) is 18.1 Å². The first-order valence-corrected chi connectivity index (χ1v) is 8.87. The normalized spacial score (nSPS) is 12.8. The van der Waals surface area contributed by atoms with E-state index in [1.807, 2.05) is 54.6 Å². The number of benzene rings is 2. The first-order chi connectivity index (χ1) is 10.4. The largest absolute Gasteiger partial charge is 0.481 e. The van der Waals surface area contributed by atoms with E-state index >= 15 is 0 Å². The molecule has 0 spiro atoms. The van der Waals surface area contributed by atoms with Crippen LogP contribution in [0.3, 0.4) is 0 Å². The summed E-state index contributed by atoms with van der Waals surface area (Å²) in [5, 5.41) is 7.96. The van der Waals surface area contributed by atoms with E-state index in [-0.39, 0.29) is 12.8 Å². The highest BCUT2D eigenvalue weighted by Crippen LogP contribution is 2.21. The zero-order chi connectivity index (χ0) is 16.2. The van der Waals surface area contributed by atoms with Crippen molar-refractivity contribution in [3.05, 3.63) is 60.2 Å². The van der Waals surface area contributed by atoms with Crippen LogP contribution in [0.25, 0.3) is 11.1 Å². The van der Waals surface area contributed by atoms with Gasteiger partial charge in [0, 0.05) is 6.26 Å². The lowest BCUT2D eigenvalue weighted by atomic mass is 10.0. The summed E-state index contributed by atoms with van der Waals surface area (Å²) in [7, 11) is -3.40. The number of aliphatic carboxylic acids is 1. The van der Waals surface area contributed by atoms with Gasteiger partial charge in [0.2, 0.25) is 0 Å². The summed E-state index contributed by atoms with van der Waals surface area (Å²) in [5.41, 5.74) is 2.94. The molecular weight excluding hydrogens is 300 g/mol. The first-order valence-electron chi connectivity index (χ1n) is 6.91. The SMILES string of the molecule is CS(=O)(=O)C(CC(=O)O)Cc1ccc(-c2ccccc2)cc1. The highest BCUT2D eigenvalue weighted by molar-refractivity contribution is 7.91. The van der Waals surface area contributed by atoms with E-state index in [9.17, 15) is 13.2 Å². The summed E-state index contributed by atoms with van der Waals surface area (Å²) in [5.74, 6) is -1.10. The highest BCUT2D eigenvalue weighted by Gasteiger charge is 2.24. The van der Waals surface area contributed by atoms with Crippen LogP contribution in [0.15, 0.2) is 54.6 Å². The molecule has 1 atom stereocenters. The van der Waals surface area contributed by atoms with Gasteiger partial charge in [-0.3, -0.25) is 4.79 Å². The molecule has 116 valence electrons. The summed E-state index contributed by atoms with van der Waals surface area (Å²) in [4.78, 5) is 10.8. The van der Waals surface area contributed by atoms with Crippen molar-refractivity contribution in [3.63, 3.8) is 0 Å². The minimum Gasteiger partial charge on any atom is -0.481 e. The van der Waals surface area contributed by atoms with Gasteiger partial charge >= 0.3 is 5.97 Å². The smallest absolute Gasteiger partial charge is 0.304 e. The van der Waals surface area contributed by atoms with Crippen molar-refractivity contribution in [3.8, 4) is 11.1 Å². The maximum absolute atomic E-state index is 11.7. The predicted molar refractivity (Wildman–Crippen MR) is 86.5 cm³/mol. The molecule has 0 saturated heterocycles. The number of rotatable bonds is 6. The predicted octanol–water partition coefficient (Wildman–Crippen LogP) is 2.78. The van der Waals surface area contributed by atoms with E-state index < -0.39 is 21.1 Å². The quantitative estimate of drug-likeness (QED) is 0.889. The summed E-state index contributed by atoms with van der Waals surface area (Å²) >= 11 is 0. The Morgan fingerprint density at radius 1 is 1.00 bits per heavy atom. The maximum atomic E-state index is 11.7. The second kappa shape index (κ2) is 6.75. The molecule has 0 aromatic heterocycles. The fraction of sp³-hybridized carbons (Fsp3) is 0.235. The number of hydrogen-bond acceptors (Lipinski definition) is 3. The number of hydrogen-bond donors (Lipinski definition) is 1. The molecule has 0 saturated carbocycles. The molecule has 1 N–H and O–H groups in total. The van der Waals surface area contributed by atoms with Gasteiger partial charge in [0.15, 0.2) is 9.84 Å². The Hall–Kier alpha value is -2.14. The van der Waals surface area contributed by atoms with Gasteiger partial charge in [-0.25, -0.2) is 8.42 Å². The zero-order valence-corrected chi connectivity index (χ0v) is 13.1. The summed E-state index contributed by atoms with van der Waals surface area (Å²) in [6, 6.07) is 17.4. The van der Waals surface area contributed by atoms with Gasteiger partial charge < -0.3 is 5.11 Å². The van der Waals surface area contributed by atoms with E-state index in [0.717, 1.165) is 22.9 Å². The zero-order valence-electron chi connectivity index (χ0n) is 12.3. The van der Waals surface area contributed by atoms with Gasteiger partial charge in [-0.15, -0.1) is 0 Å². The highest BCUT2D eigenvalue weighted by atomic mass is 32.2. The molecule has 2 aromatic carbocycles. The van der Waals surface area contributed by atoms with Crippen LogP contribution in [0.1, 0.15) is 12.0 Å². The average molecular weight is 318 g/mol. The molecular formula is C17H18O4S. The van der Waals surface area contributed by atoms with E-state index in [4.69, 9.17) is 5.11 Å². The molecule has 5 heteroatoms. The maximum Gasteiger partial charge on any atom is 0.304 e. The van der Waals surface area contributed by atoms with E-state index in [1.165, 1.54) is 0 Å². The standard InChI is InChI=1S/C17H18O4S/c1-22(20,21)16(12-17(18)19)11-13-7-9-15(10-8-13)14-5-3-2-4-6-14/h2-10,16H,11-12H2,1H3,(H,18,19). The van der Waals surface area contributed by atoms with Gasteiger partial charge in [0.05, 0.1) is 11.7 Å². The van der Waals surface area contributed by atoms with Crippen molar-refractivity contribution < 1.29 is 18.3 Å².